The summed E-state index contributed by atoms with van der Waals surface area (Å²) in [4.78, 5) is 13.5. The second kappa shape index (κ2) is 6.22. The smallest absolute Gasteiger partial charge is 0.242 e. The first-order chi connectivity index (χ1) is 10.1. The number of ether oxygens (including phenoxy) is 1. The van der Waals surface area contributed by atoms with E-state index in [0.29, 0.717) is 25.8 Å². The van der Waals surface area contributed by atoms with Gasteiger partial charge in [-0.1, -0.05) is 17.7 Å². The molecule has 0 bridgehead atoms. The van der Waals surface area contributed by atoms with E-state index in [-0.39, 0.29) is 5.91 Å². The number of nitrogens with zero attached hydrogens (tertiary/aromatic N) is 1. The fraction of sp³-hybridized carbons (Fsp3) is 0.533. The molecule has 1 saturated carbocycles. The van der Waals surface area contributed by atoms with E-state index in [4.69, 9.17) is 22.1 Å². The highest BCUT2D eigenvalue weighted by Crippen LogP contribution is 2.27. The van der Waals surface area contributed by atoms with Crippen LogP contribution in [0.5, 0.6) is 0 Å². The number of carbonyl (C=O) groups is 1. The number of halogens is 1. The van der Waals surface area contributed by atoms with E-state index in [1.807, 2.05) is 23.1 Å². The van der Waals surface area contributed by atoms with Crippen molar-refractivity contribution in [2.24, 2.45) is 5.73 Å². The Hall–Kier alpha value is -1.30. The van der Waals surface area contributed by atoms with Crippen LogP contribution in [0.2, 0.25) is 5.02 Å². The minimum atomic E-state index is -0.426. The zero-order valence-corrected chi connectivity index (χ0v) is 12.6. The van der Waals surface area contributed by atoms with Crippen molar-refractivity contribution in [3.63, 3.8) is 0 Å². The van der Waals surface area contributed by atoms with Crippen molar-refractivity contribution in [1.82, 2.24) is 5.32 Å². The molecule has 1 aromatic rings. The Morgan fingerprint density at radius 2 is 2.29 bits per heavy atom. The van der Waals surface area contributed by atoms with Crippen molar-refractivity contribution in [1.29, 1.82) is 0 Å². The lowest BCUT2D eigenvalue weighted by molar-refractivity contribution is -0.121. The molecule has 3 rings (SSSR count). The molecule has 1 aliphatic carbocycles. The number of nitrogens with two attached hydrogens (primary N) is 1. The molecule has 0 spiro atoms. The summed E-state index contributed by atoms with van der Waals surface area (Å²) in [5.41, 5.74) is 7.45. The number of rotatable bonds is 5. The minimum absolute atomic E-state index is 0.331. The van der Waals surface area contributed by atoms with Crippen LogP contribution in [0.1, 0.15) is 18.4 Å². The molecule has 1 saturated heterocycles. The van der Waals surface area contributed by atoms with E-state index in [0.717, 1.165) is 22.8 Å². The van der Waals surface area contributed by atoms with E-state index in [1.165, 1.54) is 12.8 Å². The molecule has 114 valence electrons. The first-order valence-electron chi connectivity index (χ1n) is 7.30. The SMILES string of the molecule is NC(=O)C1COCCN1c1ccc(CNC2CC2)c(Cl)c1. The number of benzene rings is 1. The van der Waals surface area contributed by atoms with Crippen molar-refractivity contribution in [2.45, 2.75) is 31.5 Å². The third-order valence-corrected chi connectivity index (χ3v) is 4.34. The summed E-state index contributed by atoms with van der Waals surface area (Å²) in [5, 5.41) is 4.17. The third-order valence-electron chi connectivity index (χ3n) is 3.98. The number of nitrogens with one attached hydrogen (secondary N) is 1. The van der Waals surface area contributed by atoms with Crippen LogP contribution in [0.15, 0.2) is 18.2 Å². The molecule has 21 heavy (non-hydrogen) atoms. The first-order valence-corrected chi connectivity index (χ1v) is 7.68. The molecule has 5 nitrogen and oxygen atoms in total. The highest BCUT2D eigenvalue weighted by atomic mass is 35.5. The summed E-state index contributed by atoms with van der Waals surface area (Å²) < 4.78 is 5.34. The standard InChI is InChI=1S/C15H20ClN3O2/c16-13-7-12(4-1-10(13)8-18-11-2-3-11)19-5-6-21-9-14(19)15(17)20/h1,4,7,11,14,18H,2-3,5-6,8-9H2,(H2,17,20). The van der Waals surface area contributed by atoms with Crippen molar-refractivity contribution in [3.8, 4) is 0 Å². The highest BCUT2D eigenvalue weighted by Gasteiger charge is 2.28. The van der Waals surface area contributed by atoms with E-state index >= 15 is 0 Å². The molecule has 0 radical (unpaired) electrons. The molecule has 1 aromatic carbocycles. The predicted octanol–water partition coefficient (Wildman–Crippen LogP) is 1.28. The van der Waals surface area contributed by atoms with E-state index in [2.05, 4.69) is 5.32 Å². The van der Waals surface area contributed by atoms with Crippen molar-refractivity contribution in [3.05, 3.63) is 28.8 Å². The van der Waals surface area contributed by atoms with Gasteiger partial charge >= 0.3 is 0 Å². The third kappa shape index (κ3) is 3.48. The second-order valence-corrected chi connectivity index (χ2v) is 6.02. The van der Waals surface area contributed by atoms with Gasteiger partial charge in [0.15, 0.2) is 0 Å². The lowest BCUT2D eigenvalue weighted by atomic mass is 10.1. The summed E-state index contributed by atoms with van der Waals surface area (Å²) in [5.74, 6) is -0.370. The second-order valence-electron chi connectivity index (χ2n) is 5.62. The molecular weight excluding hydrogens is 290 g/mol. The van der Waals surface area contributed by atoms with E-state index < -0.39 is 6.04 Å². The highest BCUT2D eigenvalue weighted by molar-refractivity contribution is 6.31. The first kappa shape index (κ1) is 14.6. The average Bonchev–Trinajstić information content (AvgIpc) is 3.30. The van der Waals surface area contributed by atoms with Crippen LogP contribution in [-0.2, 0) is 16.1 Å². The van der Waals surface area contributed by atoms with Crippen LogP contribution in [0.4, 0.5) is 5.69 Å². The summed E-state index contributed by atoms with van der Waals surface area (Å²) >= 11 is 6.37. The summed E-state index contributed by atoms with van der Waals surface area (Å²) in [6, 6.07) is 6.15. The Kier molecular flexibility index (Phi) is 4.33. The number of primary amides is 1. The van der Waals surface area contributed by atoms with E-state index in [9.17, 15) is 4.79 Å². The Bertz CT molecular complexity index is 534. The van der Waals surface area contributed by atoms with Crippen LogP contribution in [0.25, 0.3) is 0 Å². The van der Waals surface area contributed by atoms with Crippen LogP contribution in [0.3, 0.4) is 0 Å². The Balaban J connectivity index is 1.74. The maximum atomic E-state index is 11.5. The van der Waals surface area contributed by atoms with Crippen molar-refractivity contribution < 1.29 is 9.53 Å². The topological polar surface area (TPSA) is 67.6 Å². The number of morpholine rings is 1. The molecule has 2 fully saturated rings. The molecule has 1 aliphatic heterocycles. The number of carbonyl (C=O) groups excluding carboxylic acids is 1. The Labute approximate surface area is 129 Å². The zero-order chi connectivity index (χ0) is 14.8. The summed E-state index contributed by atoms with van der Waals surface area (Å²) in [7, 11) is 0. The van der Waals surface area contributed by atoms with Crippen molar-refractivity contribution in [2.75, 3.05) is 24.7 Å². The minimum Gasteiger partial charge on any atom is -0.377 e. The summed E-state index contributed by atoms with van der Waals surface area (Å²) in [6.07, 6.45) is 2.51. The lowest BCUT2D eigenvalue weighted by Crippen LogP contribution is -2.52. The fourth-order valence-electron chi connectivity index (χ4n) is 2.55. The molecule has 1 unspecified atom stereocenters. The molecule has 3 N–H and O–H groups in total. The summed E-state index contributed by atoms with van der Waals surface area (Å²) in [6.45, 7) is 2.35. The zero-order valence-electron chi connectivity index (χ0n) is 11.8. The largest absolute Gasteiger partial charge is 0.377 e. The van der Waals surface area contributed by atoms with Gasteiger partial charge in [0.2, 0.25) is 5.91 Å². The molecule has 1 heterocycles. The van der Waals surface area contributed by atoms with Crippen LogP contribution in [-0.4, -0.2) is 37.7 Å². The van der Waals surface area contributed by atoms with Gasteiger partial charge in [-0.2, -0.15) is 0 Å². The monoisotopic (exact) mass is 309 g/mol. The van der Waals surface area contributed by atoms with Crippen LogP contribution < -0.4 is 16.0 Å². The molecular formula is C15H20ClN3O2. The van der Waals surface area contributed by atoms with Crippen LogP contribution in [0, 0.1) is 0 Å². The average molecular weight is 310 g/mol. The van der Waals surface area contributed by atoms with Gasteiger partial charge in [-0.05, 0) is 30.5 Å². The van der Waals surface area contributed by atoms with Gasteiger partial charge in [0, 0.05) is 29.8 Å². The molecule has 1 atom stereocenters. The van der Waals surface area contributed by atoms with Crippen molar-refractivity contribution >= 4 is 23.2 Å². The number of hydrogen-bond acceptors (Lipinski definition) is 4. The molecule has 6 heteroatoms. The van der Waals surface area contributed by atoms with Crippen LogP contribution >= 0.6 is 11.6 Å². The number of anilines is 1. The predicted molar refractivity (Wildman–Crippen MR) is 82.5 cm³/mol. The normalized spacial score (nSPS) is 22.3. The van der Waals surface area contributed by atoms with Gasteiger partial charge in [0.1, 0.15) is 6.04 Å². The molecule has 2 aliphatic rings. The van der Waals surface area contributed by atoms with Gasteiger partial charge in [-0.15, -0.1) is 0 Å². The number of amides is 1. The lowest BCUT2D eigenvalue weighted by Gasteiger charge is -2.35. The van der Waals surface area contributed by atoms with Gasteiger partial charge < -0.3 is 20.7 Å². The Morgan fingerprint density at radius 3 is 2.95 bits per heavy atom. The van der Waals surface area contributed by atoms with E-state index in [1.54, 1.807) is 0 Å². The fourth-order valence-corrected chi connectivity index (χ4v) is 2.79. The molecule has 1 amide bonds. The van der Waals surface area contributed by atoms with Gasteiger partial charge in [-0.3, -0.25) is 4.79 Å². The van der Waals surface area contributed by atoms with Gasteiger partial charge in [-0.25, -0.2) is 0 Å². The van der Waals surface area contributed by atoms with Gasteiger partial charge in [0.05, 0.1) is 13.2 Å². The van der Waals surface area contributed by atoms with Gasteiger partial charge in [0.25, 0.3) is 0 Å². The number of hydrogen-bond donors (Lipinski definition) is 2. The maximum Gasteiger partial charge on any atom is 0.242 e. The maximum absolute atomic E-state index is 11.5. The Morgan fingerprint density at radius 1 is 1.48 bits per heavy atom. The molecule has 0 aromatic heterocycles. The quantitative estimate of drug-likeness (QED) is 0.860.